The van der Waals surface area contributed by atoms with Gasteiger partial charge in [0, 0.05) is 10.3 Å². The van der Waals surface area contributed by atoms with Gasteiger partial charge in [0.05, 0.1) is 0 Å². The van der Waals surface area contributed by atoms with Crippen LogP contribution < -0.4 is 5.32 Å². The van der Waals surface area contributed by atoms with Crippen molar-refractivity contribution >= 4 is 11.3 Å². The smallest absolute Gasteiger partial charge is 0.0114 e. The molecule has 0 amide bonds. The fourth-order valence-electron chi connectivity index (χ4n) is 2.99. The predicted octanol–water partition coefficient (Wildman–Crippen LogP) is 3.91. The van der Waals surface area contributed by atoms with E-state index in [2.05, 4.69) is 50.5 Å². The predicted molar refractivity (Wildman–Crippen MR) is 76.6 cm³/mol. The number of nitrogens with one attached hydrogen (secondary N) is 1. The first-order valence-electron chi connectivity index (χ1n) is 6.82. The van der Waals surface area contributed by atoms with Gasteiger partial charge in [-0.3, -0.25) is 0 Å². The summed E-state index contributed by atoms with van der Waals surface area (Å²) >= 11 is 1.94. The van der Waals surface area contributed by atoms with E-state index in [1.165, 1.54) is 13.0 Å². The third-order valence-electron chi connectivity index (χ3n) is 4.11. The van der Waals surface area contributed by atoms with Gasteiger partial charge in [0.1, 0.15) is 0 Å². The zero-order valence-electron chi connectivity index (χ0n) is 11.5. The van der Waals surface area contributed by atoms with Crippen LogP contribution in [0.2, 0.25) is 0 Å². The normalized spacial score (nSPS) is 28.0. The molecule has 17 heavy (non-hydrogen) atoms. The topological polar surface area (TPSA) is 12.0 Å². The van der Waals surface area contributed by atoms with E-state index in [0.717, 1.165) is 24.3 Å². The maximum atomic E-state index is 3.62. The molecule has 1 aromatic heterocycles. The van der Waals surface area contributed by atoms with Crippen LogP contribution in [-0.4, -0.2) is 13.1 Å². The highest BCUT2D eigenvalue weighted by atomic mass is 32.1. The molecule has 1 aliphatic rings. The summed E-state index contributed by atoms with van der Waals surface area (Å²) in [7, 11) is 0. The minimum atomic E-state index is 0.484. The van der Waals surface area contributed by atoms with Gasteiger partial charge in [-0.25, -0.2) is 0 Å². The number of hydrogen-bond donors (Lipinski definition) is 1. The fraction of sp³-hybridized carbons (Fsp3) is 0.733. The molecular formula is C15H25NS. The van der Waals surface area contributed by atoms with Gasteiger partial charge in [-0.1, -0.05) is 33.8 Å². The molecule has 1 aliphatic carbocycles. The van der Waals surface area contributed by atoms with Gasteiger partial charge in [-0.05, 0) is 48.7 Å². The minimum absolute atomic E-state index is 0.484. The average molecular weight is 251 g/mol. The maximum absolute atomic E-state index is 3.62. The average Bonchev–Trinajstić information content (AvgIpc) is 2.73. The molecule has 1 aromatic rings. The van der Waals surface area contributed by atoms with Crippen LogP contribution in [0.25, 0.3) is 0 Å². The van der Waals surface area contributed by atoms with Crippen LogP contribution in [0.3, 0.4) is 0 Å². The van der Waals surface area contributed by atoms with Crippen molar-refractivity contribution in [2.24, 2.45) is 17.8 Å². The van der Waals surface area contributed by atoms with Crippen molar-refractivity contribution in [3.8, 4) is 0 Å². The third kappa shape index (κ3) is 2.58. The fourth-order valence-corrected chi connectivity index (χ4v) is 4.15. The molecule has 1 N–H and O–H groups in total. The van der Waals surface area contributed by atoms with Gasteiger partial charge in [-0.15, -0.1) is 11.3 Å². The lowest BCUT2D eigenvalue weighted by atomic mass is 9.88. The zero-order valence-corrected chi connectivity index (χ0v) is 12.3. The monoisotopic (exact) mass is 251 g/mol. The van der Waals surface area contributed by atoms with Gasteiger partial charge in [0.25, 0.3) is 0 Å². The lowest BCUT2D eigenvalue weighted by molar-refractivity contribution is 0.427. The number of rotatable bonds is 6. The number of thiophene rings is 1. The molecule has 96 valence electrons. The molecular weight excluding hydrogens is 226 g/mol. The van der Waals surface area contributed by atoms with Crippen LogP contribution in [-0.2, 0) is 5.41 Å². The zero-order chi connectivity index (χ0) is 12.5. The molecule has 0 saturated heterocycles. The van der Waals surface area contributed by atoms with Crippen LogP contribution in [0.15, 0.2) is 17.5 Å². The van der Waals surface area contributed by atoms with Gasteiger partial charge in [-0.2, -0.15) is 0 Å². The SMILES string of the molecule is CC(C)CNCC1CC1(c1cccs1)C(C)C. The Morgan fingerprint density at radius 1 is 1.41 bits per heavy atom. The molecule has 0 radical (unpaired) electrons. The van der Waals surface area contributed by atoms with Gasteiger partial charge in [0.15, 0.2) is 0 Å². The highest BCUT2D eigenvalue weighted by molar-refractivity contribution is 7.10. The van der Waals surface area contributed by atoms with Crippen molar-refractivity contribution < 1.29 is 0 Å². The van der Waals surface area contributed by atoms with Crippen LogP contribution in [0.5, 0.6) is 0 Å². The summed E-state index contributed by atoms with van der Waals surface area (Å²) in [4.78, 5) is 1.60. The third-order valence-corrected chi connectivity index (χ3v) is 5.17. The summed E-state index contributed by atoms with van der Waals surface area (Å²) in [6.07, 6.45) is 1.37. The summed E-state index contributed by atoms with van der Waals surface area (Å²) in [6, 6.07) is 4.52. The molecule has 0 bridgehead atoms. The van der Waals surface area contributed by atoms with E-state index in [-0.39, 0.29) is 0 Å². The summed E-state index contributed by atoms with van der Waals surface area (Å²) in [5.41, 5.74) is 0.484. The highest BCUT2D eigenvalue weighted by Gasteiger charge is 2.57. The van der Waals surface area contributed by atoms with Crippen molar-refractivity contribution in [1.29, 1.82) is 0 Å². The Morgan fingerprint density at radius 3 is 2.71 bits per heavy atom. The van der Waals surface area contributed by atoms with Crippen molar-refractivity contribution in [2.45, 2.75) is 39.5 Å². The molecule has 2 heteroatoms. The van der Waals surface area contributed by atoms with E-state index in [0.29, 0.717) is 5.41 Å². The van der Waals surface area contributed by atoms with Gasteiger partial charge < -0.3 is 5.32 Å². The quantitative estimate of drug-likeness (QED) is 0.808. The Balaban J connectivity index is 1.95. The molecule has 0 aromatic carbocycles. The highest BCUT2D eigenvalue weighted by Crippen LogP contribution is 2.59. The molecule has 1 heterocycles. The standard InChI is InChI=1S/C15H25NS/c1-11(2)9-16-10-13-8-15(13,12(3)4)14-6-5-7-17-14/h5-7,11-13,16H,8-10H2,1-4H3. The van der Waals surface area contributed by atoms with Crippen LogP contribution in [0.4, 0.5) is 0 Å². The first kappa shape index (κ1) is 13.1. The Bertz CT molecular complexity index is 342. The van der Waals surface area contributed by atoms with Crippen molar-refractivity contribution in [1.82, 2.24) is 5.32 Å². The van der Waals surface area contributed by atoms with Crippen molar-refractivity contribution in [3.05, 3.63) is 22.4 Å². The van der Waals surface area contributed by atoms with Gasteiger partial charge in [0.2, 0.25) is 0 Å². The van der Waals surface area contributed by atoms with E-state index < -0.39 is 0 Å². The van der Waals surface area contributed by atoms with E-state index in [1.807, 2.05) is 11.3 Å². The first-order valence-corrected chi connectivity index (χ1v) is 7.70. The molecule has 2 rings (SSSR count). The van der Waals surface area contributed by atoms with Crippen molar-refractivity contribution in [3.63, 3.8) is 0 Å². The van der Waals surface area contributed by atoms with E-state index in [4.69, 9.17) is 0 Å². The minimum Gasteiger partial charge on any atom is -0.316 e. The maximum Gasteiger partial charge on any atom is 0.0114 e. The van der Waals surface area contributed by atoms with Crippen molar-refractivity contribution in [2.75, 3.05) is 13.1 Å². The molecule has 1 fully saturated rings. The summed E-state index contributed by atoms with van der Waals surface area (Å²) in [5, 5.41) is 5.84. The van der Waals surface area contributed by atoms with Crippen LogP contribution >= 0.6 is 11.3 Å². The van der Waals surface area contributed by atoms with E-state index >= 15 is 0 Å². The second-order valence-corrected chi connectivity index (χ2v) is 7.07. The summed E-state index contributed by atoms with van der Waals surface area (Å²) in [6.45, 7) is 11.6. The molecule has 1 nitrogen and oxygen atoms in total. The van der Waals surface area contributed by atoms with E-state index in [1.54, 1.807) is 4.88 Å². The lowest BCUT2D eigenvalue weighted by Crippen LogP contribution is -2.26. The second-order valence-electron chi connectivity index (χ2n) is 6.13. The summed E-state index contributed by atoms with van der Waals surface area (Å²) < 4.78 is 0. The number of hydrogen-bond acceptors (Lipinski definition) is 2. The Kier molecular flexibility index (Phi) is 3.94. The van der Waals surface area contributed by atoms with Crippen LogP contribution in [0.1, 0.15) is 39.0 Å². The lowest BCUT2D eigenvalue weighted by Gasteiger charge is -2.21. The van der Waals surface area contributed by atoms with E-state index in [9.17, 15) is 0 Å². The van der Waals surface area contributed by atoms with Gasteiger partial charge >= 0.3 is 0 Å². The molecule has 2 unspecified atom stereocenters. The summed E-state index contributed by atoms with van der Waals surface area (Å²) in [5.74, 6) is 2.36. The largest absolute Gasteiger partial charge is 0.316 e. The Labute approximate surface area is 110 Å². The first-order chi connectivity index (χ1) is 8.07. The van der Waals surface area contributed by atoms with Crippen LogP contribution in [0, 0.1) is 17.8 Å². The Morgan fingerprint density at radius 2 is 2.18 bits per heavy atom. The molecule has 0 aliphatic heterocycles. The molecule has 0 spiro atoms. The Hall–Kier alpha value is -0.340. The molecule has 2 atom stereocenters. The second kappa shape index (κ2) is 5.11. The molecule has 1 saturated carbocycles.